The molecule has 7 nitrogen and oxygen atoms in total. The number of guanidine groups is 1. The van der Waals surface area contributed by atoms with E-state index in [1.807, 2.05) is 0 Å². The van der Waals surface area contributed by atoms with Crippen LogP contribution >= 0.6 is 35.5 Å². The quantitative estimate of drug-likeness (QED) is 0.352. The molecular formula is C19H35IN6OS. The first-order valence-corrected chi connectivity index (χ1v) is 11.1. The van der Waals surface area contributed by atoms with Crippen LogP contribution in [0.1, 0.15) is 52.3 Å². The van der Waals surface area contributed by atoms with E-state index in [-0.39, 0.29) is 35.5 Å². The molecule has 0 bridgehead atoms. The Hall–Kier alpha value is -0.680. The second kappa shape index (κ2) is 10.9. The molecule has 1 aromatic heterocycles. The van der Waals surface area contributed by atoms with Crippen LogP contribution < -0.4 is 10.2 Å². The van der Waals surface area contributed by atoms with Crippen molar-refractivity contribution in [1.29, 1.82) is 0 Å². The van der Waals surface area contributed by atoms with Crippen LogP contribution in [0.15, 0.2) is 4.99 Å². The summed E-state index contributed by atoms with van der Waals surface area (Å²) < 4.78 is 4.40. The third-order valence-electron chi connectivity index (χ3n) is 5.83. The molecule has 160 valence electrons. The molecular weight excluding hydrogens is 487 g/mol. The van der Waals surface area contributed by atoms with E-state index in [2.05, 4.69) is 45.2 Å². The fraction of sp³-hybridized carbons (Fsp3) is 0.842. The predicted molar refractivity (Wildman–Crippen MR) is 127 cm³/mol. The summed E-state index contributed by atoms with van der Waals surface area (Å²) >= 11 is 1.50. The van der Waals surface area contributed by atoms with Gasteiger partial charge in [0, 0.05) is 56.1 Å². The largest absolute Gasteiger partial charge is 0.392 e. The lowest BCUT2D eigenvalue weighted by Crippen LogP contribution is -2.53. The number of rotatable bonds is 5. The number of anilines is 1. The molecule has 1 saturated heterocycles. The first-order chi connectivity index (χ1) is 13.1. The highest BCUT2D eigenvalue weighted by Gasteiger charge is 2.35. The Bertz CT molecular complexity index is 634. The van der Waals surface area contributed by atoms with E-state index in [0.717, 1.165) is 75.3 Å². The number of aromatic nitrogens is 2. The van der Waals surface area contributed by atoms with Crippen molar-refractivity contribution in [3.63, 3.8) is 0 Å². The maximum absolute atomic E-state index is 10.4. The van der Waals surface area contributed by atoms with Gasteiger partial charge in [0.25, 0.3) is 0 Å². The zero-order chi connectivity index (χ0) is 19.3. The predicted octanol–water partition coefficient (Wildman–Crippen LogP) is 2.75. The van der Waals surface area contributed by atoms with Gasteiger partial charge in [-0.1, -0.05) is 26.7 Å². The lowest BCUT2D eigenvalue weighted by molar-refractivity contribution is 0.00703. The number of aryl methyl sites for hydroxylation is 1. The molecule has 3 rings (SSSR count). The van der Waals surface area contributed by atoms with Crippen LogP contribution in [0.25, 0.3) is 0 Å². The Morgan fingerprint density at radius 2 is 2.04 bits per heavy atom. The highest BCUT2D eigenvalue weighted by atomic mass is 127. The third-order valence-corrected chi connectivity index (χ3v) is 6.64. The van der Waals surface area contributed by atoms with E-state index in [1.165, 1.54) is 18.0 Å². The lowest BCUT2D eigenvalue weighted by Gasteiger charge is -2.39. The van der Waals surface area contributed by atoms with E-state index in [4.69, 9.17) is 4.99 Å². The number of halogens is 1. The molecule has 2 unspecified atom stereocenters. The number of hydrogen-bond acceptors (Lipinski definition) is 6. The van der Waals surface area contributed by atoms with Crippen LogP contribution in [0.2, 0.25) is 0 Å². The smallest absolute Gasteiger partial charge is 0.205 e. The molecule has 1 saturated carbocycles. The Kier molecular flexibility index (Phi) is 9.20. The van der Waals surface area contributed by atoms with Gasteiger partial charge in [0.2, 0.25) is 5.13 Å². The van der Waals surface area contributed by atoms with Gasteiger partial charge in [-0.2, -0.15) is 4.37 Å². The van der Waals surface area contributed by atoms with E-state index in [1.54, 1.807) is 0 Å². The molecule has 2 atom stereocenters. The molecule has 1 aromatic rings. The molecule has 1 aliphatic heterocycles. The Balaban J connectivity index is 0.00000280. The number of piperazine rings is 1. The monoisotopic (exact) mass is 522 g/mol. The molecule has 2 heterocycles. The fourth-order valence-corrected chi connectivity index (χ4v) is 4.67. The minimum atomic E-state index is -0.236. The van der Waals surface area contributed by atoms with Crippen molar-refractivity contribution in [2.45, 2.75) is 59.0 Å². The SMILES string of the molecule is CCNC(=NCC1(C)CCCCC1O)N1CCN(c2nc(CC)ns2)CC1.I. The summed E-state index contributed by atoms with van der Waals surface area (Å²) in [7, 11) is 0. The van der Waals surface area contributed by atoms with Crippen molar-refractivity contribution < 1.29 is 5.11 Å². The van der Waals surface area contributed by atoms with Crippen molar-refractivity contribution in [2.75, 3.05) is 44.2 Å². The molecule has 1 aliphatic carbocycles. The van der Waals surface area contributed by atoms with Gasteiger partial charge in [0.1, 0.15) is 5.82 Å². The van der Waals surface area contributed by atoms with Gasteiger partial charge in [-0.3, -0.25) is 4.99 Å². The van der Waals surface area contributed by atoms with Crippen molar-refractivity contribution in [1.82, 2.24) is 19.6 Å². The summed E-state index contributed by atoms with van der Waals surface area (Å²) in [5, 5.41) is 14.9. The molecule has 2 N–H and O–H groups in total. The number of nitrogens with zero attached hydrogens (tertiary/aromatic N) is 5. The second-order valence-corrected chi connectivity index (χ2v) is 8.64. The normalized spacial score (nSPS) is 26.1. The van der Waals surface area contributed by atoms with Gasteiger partial charge in [0.05, 0.1) is 12.6 Å². The number of aliphatic hydroxyl groups is 1. The van der Waals surface area contributed by atoms with Crippen molar-refractivity contribution >= 4 is 46.6 Å². The fourth-order valence-electron chi connectivity index (χ4n) is 3.87. The van der Waals surface area contributed by atoms with Crippen LogP contribution in [-0.2, 0) is 6.42 Å². The van der Waals surface area contributed by atoms with Crippen LogP contribution in [0.4, 0.5) is 5.13 Å². The van der Waals surface area contributed by atoms with Gasteiger partial charge in [-0.25, -0.2) is 4.98 Å². The van der Waals surface area contributed by atoms with Crippen molar-refractivity contribution in [3.8, 4) is 0 Å². The maximum atomic E-state index is 10.4. The molecule has 0 aromatic carbocycles. The Labute approximate surface area is 190 Å². The first kappa shape index (κ1) is 23.6. The topological polar surface area (TPSA) is 76.9 Å². The molecule has 0 radical (unpaired) electrons. The van der Waals surface area contributed by atoms with Crippen LogP contribution in [0, 0.1) is 5.41 Å². The van der Waals surface area contributed by atoms with E-state index in [0.29, 0.717) is 6.54 Å². The highest BCUT2D eigenvalue weighted by Crippen LogP contribution is 2.36. The minimum Gasteiger partial charge on any atom is -0.392 e. The van der Waals surface area contributed by atoms with E-state index < -0.39 is 0 Å². The molecule has 2 aliphatic rings. The summed E-state index contributed by atoms with van der Waals surface area (Å²) in [6.45, 7) is 11.6. The molecule has 2 fully saturated rings. The minimum absolute atomic E-state index is 0. The van der Waals surface area contributed by atoms with E-state index >= 15 is 0 Å². The first-order valence-electron chi connectivity index (χ1n) is 10.3. The second-order valence-electron chi connectivity index (χ2n) is 7.91. The summed E-state index contributed by atoms with van der Waals surface area (Å²) in [5.74, 6) is 1.91. The zero-order valence-corrected chi connectivity index (χ0v) is 20.5. The number of aliphatic hydroxyl groups excluding tert-OH is 1. The van der Waals surface area contributed by atoms with Gasteiger partial charge in [-0.05, 0) is 19.8 Å². The number of aliphatic imine (C=N–C) groups is 1. The number of hydrogen-bond donors (Lipinski definition) is 2. The lowest BCUT2D eigenvalue weighted by atomic mass is 9.73. The summed E-state index contributed by atoms with van der Waals surface area (Å²) in [6.07, 6.45) is 4.94. The molecule has 9 heteroatoms. The summed E-state index contributed by atoms with van der Waals surface area (Å²) in [4.78, 5) is 14.2. The van der Waals surface area contributed by atoms with Crippen LogP contribution in [0.5, 0.6) is 0 Å². The van der Waals surface area contributed by atoms with E-state index in [9.17, 15) is 5.11 Å². The molecule has 0 amide bonds. The zero-order valence-electron chi connectivity index (χ0n) is 17.4. The van der Waals surface area contributed by atoms with Crippen LogP contribution in [-0.4, -0.2) is 70.7 Å². The van der Waals surface area contributed by atoms with Gasteiger partial charge in [-0.15, -0.1) is 24.0 Å². The average molecular weight is 523 g/mol. The summed E-state index contributed by atoms with van der Waals surface area (Å²) in [5.41, 5.74) is -0.0934. The van der Waals surface area contributed by atoms with Crippen molar-refractivity contribution in [3.05, 3.63) is 5.82 Å². The number of nitrogens with one attached hydrogen (secondary N) is 1. The Morgan fingerprint density at radius 3 is 2.64 bits per heavy atom. The average Bonchev–Trinajstić information content (AvgIpc) is 3.17. The highest BCUT2D eigenvalue weighted by molar-refractivity contribution is 14.0. The molecule has 0 spiro atoms. The summed E-state index contributed by atoms with van der Waals surface area (Å²) in [6, 6.07) is 0. The van der Waals surface area contributed by atoms with Crippen LogP contribution in [0.3, 0.4) is 0 Å². The standard InChI is InChI=1S/C19H34N6OS.HI/c1-4-16-22-18(27-23-16)25-12-10-24(11-13-25)17(20-5-2)21-14-19(3)9-7-6-8-15(19)26;/h15,26H,4-14H2,1-3H3,(H,20,21);1H. The third kappa shape index (κ3) is 5.69. The van der Waals surface area contributed by atoms with Gasteiger partial charge in [0.15, 0.2) is 5.96 Å². The maximum Gasteiger partial charge on any atom is 0.205 e. The Morgan fingerprint density at radius 1 is 1.29 bits per heavy atom. The van der Waals surface area contributed by atoms with Crippen molar-refractivity contribution in [2.24, 2.45) is 10.4 Å². The van der Waals surface area contributed by atoms with Gasteiger partial charge < -0.3 is 20.2 Å². The van der Waals surface area contributed by atoms with Gasteiger partial charge >= 0.3 is 0 Å². The molecule has 28 heavy (non-hydrogen) atoms.